The van der Waals surface area contributed by atoms with Gasteiger partial charge in [-0.25, -0.2) is 4.99 Å². The van der Waals surface area contributed by atoms with Crippen molar-refractivity contribution in [1.82, 2.24) is 15.5 Å². The summed E-state index contributed by atoms with van der Waals surface area (Å²) < 4.78 is 11.9. The number of guanidine groups is 1. The molecule has 1 fully saturated rings. The van der Waals surface area contributed by atoms with Gasteiger partial charge in [-0.1, -0.05) is 18.2 Å². The molecule has 9 heteroatoms. The van der Waals surface area contributed by atoms with Crippen LogP contribution in [-0.2, 0) is 17.9 Å². The van der Waals surface area contributed by atoms with E-state index in [1.807, 2.05) is 29.6 Å². The first kappa shape index (κ1) is 26.2. The maximum Gasteiger partial charge on any atom is 0.241 e. The van der Waals surface area contributed by atoms with Crippen LogP contribution in [0.4, 0.5) is 0 Å². The Balaban J connectivity index is 0.00000363. The molecule has 0 atom stereocenters. The molecule has 1 heterocycles. The largest absolute Gasteiger partial charge is 0.493 e. The number of ether oxygens (including phenoxy) is 2. The second-order valence-electron chi connectivity index (χ2n) is 7.71. The Morgan fingerprint density at radius 1 is 1.19 bits per heavy atom. The lowest BCUT2D eigenvalue weighted by atomic mass is 10.1. The third kappa shape index (κ3) is 7.84. The van der Waals surface area contributed by atoms with Gasteiger partial charge in [0, 0.05) is 24.5 Å². The van der Waals surface area contributed by atoms with Crippen molar-refractivity contribution in [2.24, 2.45) is 4.99 Å². The molecule has 0 saturated heterocycles. The highest BCUT2D eigenvalue weighted by molar-refractivity contribution is 14.0. The molecular formula is C23H33IN4O3S. The summed E-state index contributed by atoms with van der Waals surface area (Å²) in [4.78, 5) is 19.5. The number of carbonyl (C=O) groups is 1. The smallest absolute Gasteiger partial charge is 0.241 e. The molecule has 7 nitrogen and oxygen atoms in total. The van der Waals surface area contributed by atoms with E-state index in [1.54, 1.807) is 37.4 Å². The Bertz CT molecular complexity index is 868. The number of benzene rings is 1. The Labute approximate surface area is 211 Å². The number of nitrogens with one attached hydrogen (secondary N) is 2. The fourth-order valence-electron chi connectivity index (χ4n) is 3.39. The van der Waals surface area contributed by atoms with Crippen molar-refractivity contribution < 1.29 is 14.3 Å². The van der Waals surface area contributed by atoms with Gasteiger partial charge in [-0.2, -0.15) is 0 Å². The van der Waals surface area contributed by atoms with Crippen LogP contribution in [0.5, 0.6) is 11.5 Å². The van der Waals surface area contributed by atoms with Gasteiger partial charge in [0.25, 0.3) is 0 Å². The first-order chi connectivity index (χ1) is 15.1. The van der Waals surface area contributed by atoms with E-state index < -0.39 is 0 Å². The summed E-state index contributed by atoms with van der Waals surface area (Å²) in [5.41, 5.74) is 0.961. The molecule has 1 aromatic carbocycles. The molecule has 3 rings (SSSR count). The Morgan fingerprint density at radius 2 is 1.97 bits per heavy atom. The van der Waals surface area contributed by atoms with Crippen LogP contribution in [-0.4, -0.2) is 50.6 Å². The maximum absolute atomic E-state index is 12.0. The van der Waals surface area contributed by atoms with Gasteiger partial charge in [0.1, 0.15) is 0 Å². The van der Waals surface area contributed by atoms with Crippen molar-refractivity contribution in [3.05, 3.63) is 46.2 Å². The molecule has 1 aliphatic rings. The molecule has 0 radical (unpaired) electrons. The standard InChI is InChI=1S/C23H32N4O3S.HI/c1-27(2)21(28)16-26-23(25-15-19-11-7-13-31-19)24-14-17-8-6-12-20(29-3)22(17)30-18-9-4-5-10-18;/h6-8,11-13,18H,4-5,9-10,14-16H2,1-3H3,(H2,24,25,26);1H. The van der Waals surface area contributed by atoms with E-state index in [2.05, 4.69) is 16.7 Å². The summed E-state index contributed by atoms with van der Waals surface area (Å²) in [6.07, 6.45) is 4.78. The molecule has 0 aliphatic heterocycles. The lowest BCUT2D eigenvalue weighted by molar-refractivity contribution is -0.127. The summed E-state index contributed by atoms with van der Waals surface area (Å²) in [6.45, 7) is 1.23. The predicted octanol–water partition coefficient (Wildman–Crippen LogP) is 4.02. The maximum atomic E-state index is 12.0. The molecule has 0 spiro atoms. The van der Waals surface area contributed by atoms with Gasteiger partial charge >= 0.3 is 0 Å². The fourth-order valence-corrected chi connectivity index (χ4v) is 4.04. The first-order valence-electron chi connectivity index (χ1n) is 10.6. The average molecular weight is 573 g/mol. The number of thiophene rings is 1. The van der Waals surface area contributed by atoms with Crippen molar-refractivity contribution in [2.45, 2.75) is 44.9 Å². The predicted molar refractivity (Wildman–Crippen MR) is 140 cm³/mol. The fraction of sp³-hybridized carbons (Fsp3) is 0.478. The molecule has 2 N–H and O–H groups in total. The van der Waals surface area contributed by atoms with Gasteiger partial charge in [0.05, 0.1) is 32.8 Å². The lowest BCUT2D eigenvalue weighted by Crippen LogP contribution is -2.42. The number of rotatable bonds is 9. The van der Waals surface area contributed by atoms with Crippen molar-refractivity contribution >= 4 is 47.2 Å². The highest BCUT2D eigenvalue weighted by atomic mass is 127. The molecular weight excluding hydrogens is 539 g/mol. The van der Waals surface area contributed by atoms with Crippen LogP contribution in [0.25, 0.3) is 0 Å². The second kappa shape index (κ2) is 13.5. The SMILES string of the molecule is COc1cccc(CN=C(NCC(=O)N(C)C)NCc2cccs2)c1OC1CCCC1.I. The minimum Gasteiger partial charge on any atom is -0.493 e. The molecule has 1 aromatic heterocycles. The number of nitrogens with zero attached hydrogens (tertiary/aromatic N) is 2. The summed E-state index contributed by atoms with van der Waals surface area (Å²) >= 11 is 1.68. The van der Waals surface area contributed by atoms with Gasteiger partial charge in [-0.3, -0.25) is 4.79 Å². The molecule has 2 aromatic rings. The van der Waals surface area contributed by atoms with Crippen LogP contribution in [0.1, 0.15) is 36.1 Å². The zero-order chi connectivity index (χ0) is 22.1. The van der Waals surface area contributed by atoms with E-state index in [-0.39, 0.29) is 42.5 Å². The number of carbonyl (C=O) groups excluding carboxylic acids is 1. The van der Waals surface area contributed by atoms with Crippen LogP contribution in [0.3, 0.4) is 0 Å². The highest BCUT2D eigenvalue weighted by Gasteiger charge is 2.20. The van der Waals surface area contributed by atoms with E-state index in [9.17, 15) is 4.79 Å². The molecule has 32 heavy (non-hydrogen) atoms. The normalized spacial score (nSPS) is 13.9. The van der Waals surface area contributed by atoms with Crippen molar-refractivity contribution in [3.8, 4) is 11.5 Å². The van der Waals surface area contributed by atoms with E-state index in [1.165, 1.54) is 17.7 Å². The Hall–Kier alpha value is -2.01. The zero-order valence-corrected chi connectivity index (χ0v) is 22.1. The molecule has 176 valence electrons. The zero-order valence-electron chi connectivity index (χ0n) is 18.9. The third-order valence-corrected chi connectivity index (χ3v) is 6.07. The van der Waals surface area contributed by atoms with Crippen molar-refractivity contribution in [3.63, 3.8) is 0 Å². The van der Waals surface area contributed by atoms with Crippen LogP contribution in [0, 0.1) is 0 Å². The molecule has 0 bridgehead atoms. The van der Waals surface area contributed by atoms with E-state index >= 15 is 0 Å². The topological polar surface area (TPSA) is 75.2 Å². The van der Waals surface area contributed by atoms with Crippen molar-refractivity contribution in [1.29, 1.82) is 0 Å². The van der Waals surface area contributed by atoms with E-state index in [4.69, 9.17) is 14.5 Å². The minimum absolute atomic E-state index is 0. The number of para-hydroxylation sites is 1. The molecule has 1 aliphatic carbocycles. The summed E-state index contributed by atoms with van der Waals surface area (Å²) in [7, 11) is 5.14. The van der Waals surface area contributed by atoms with Crippen LogP contribution >= 0.6 is 35.3 Å². The highest BCUT2D eigenvalue weighted by Crippen LogP contribution is 2.35. The lowest BCUT2D eigenvalue weighted by Gasteiger charge is -2.19. The number of hydrogen-bond acceptors (Lipinski definition) is 5. The number of amides is 1. The van der Waals surface area contributed by atoms with Gasteiger partial charge in [0.15, 0.2) is 17.5 Å². The van der Waals surface area contributed by atoms with Crippen LogP contribution in [0.2, 0.25) is 0 Å². The summed E-state index contributed by atoms with van der Waals surface area (Å²) in [5, 5.41) is 8.49. The Kier molecular flexibility index (Phi) is 11.1. The molecule has 0 unspecified atom stereocenters. The first-order valence-corrected chi connectivity index (χ1v) is 11.5. The van der Waals surface area contributed by atoms with E-state index in [0.717, 1.165) is 29.9 Å². The Morgan fingerprint density at radius 3 is 2.62 bits per heavy atom. The van der Waals surface area contributed by atoms with E-state index in [0.29, 0.717) is 19.0 Å². The minimum atomic E-state index is -0.0164. The quantitative estimate of drug-likeness (QED) is 0.270. The van der Waals surface area contributed by atoms with Crippen molar-refractivity contribution in [2.75, 3.05) is 27.7 Å². The monoisotopic (exact) mass is 572 g/mol. The number of halogens is 1. The number of hydrogen-bond donors (Lipinski definition) is 2. The number of methoxy groups -OCH3 is 1. The number of likely N-dealkylation sites (N-methyl/N-ethyl adjacent to an activating group) is 1. The van der Waals surface area contributed by atoms with Gasteiger partial charge < -0.3 is 25.0 Å². The summed E-state index contributed by atoms with van der Waals surface area (Å²) in [5.74, 6) is 2.06. The van der Waals surface area contributed by atoms with Gasteiger partial charge in [-0.15, -0.1) is 35.3 Å². The second-order valence-corrected chi connectivity index (χ2v) is 8.74. The average Bonchev–Trinajstić information content (AvgIpc) is 3.47. The summed E-state index contributed by atoms with van der Waals surface area (Å²) in [6, 6.07) is 9.97. The van der Waals surface area contributed by atoms with Gasteiger partial charge in [0.2, 0.25) is 5.91 Å². The number of aliphatic imine (C=N–C) groups is 1. The van der Waals surface area contributed by atoms with Crippen LogP contribution in [0.15, 0.2) is 40.7 Å². The third-order valence-electron chi connectivity index (χ3n) is 5.19. The van der Waals surface area contributed by atoms with Crippen LogP contribution < -0.4 is 20.1 Å². The molecule has 1 amide bonds. The van der Waals surface area contributed by atoms with Gasteiger partial charge in [-0.05, 0) is 43.2 Å². The molecule has 1 saturated carbocycles.